The fourth-order valence-electron chi connectivity index (χ4n) is 3.95. The number of hydrogen-bond acceptors (Lipinski definition) is 3. The van der Waals surface area contributed by atoms with Crippen LogP contribution in [0.3, 0.4) is 0 Å². The van der Waals surface area contributed by atoms with Crippen LogP contribution in [0.25, 0.3) is 0 Å². The van der Waals surface area contributed by atoms with Crippen molar-refractivity contribution in [3.8, 4) is 0 Å². The van der Waals surface area contributed by atoms with Crippen molar-refractivity contribution >= 4 is 5.71 Å². The number of likely N-dealkylation sites (tertiary alicyclic amines) is 1. The molecule has 3 nitrogen and oxygen atoms in total. The van der Waals surface area contributed by atoms with Crippen molar-refractivity contribution in [2.24, 2.45) is 5.16 Å². The molecule has 1 unspecified atom stereocenters. The Hall–Kier alpha value is -0.570. The quantitative estimate of drug-likeness (QED) is 0.547. The van der Waals surface area contributed by atoms with Crippen molar-refractivity contribution in [2.45, 2.75) is 95.9 Å². The zero-order valence-corrected chi connectivity index (χ0v) is 13.7. The Kier molecular flexibility index (Phi) is 8.16. The molecule has 0 aromatic rings. The van der Waals surface area contributed by atoms with E-state index in [0.29, 0.717) is 6.04 Å². The van der Waals surface area contributed by atoms with Gasteiger partial charge in [-0.2, -0.15) is 0 Å². The predicted molar refractivity (Wildman–Crippen MR) is 89.2 cm³/mol. The predicted octanol–water partition coefficient (Wildman–Crippen LogP) is 4.98. The van der Waals surface area contributed by atoms with Crippen LogP contribution in [0.1, 0.15) is 89.9 Å². The largest absolute Gasteiger partial charge is 0.411 e. The van der Waals surface area contributed by atoms with Gasteiger partial charge >= 0.3 is 0 Å². The van der Waals surface area contributed by atoms with Gasteiger partial charge in [-0.25, -0.2) is 0 Å². The molecule has 3 heteroatoms. The molecule has 21 heavy (non-hydrogen) atoms. The molecule has 0 amide bonds. The highest BCUT2D eigenvalue weighted by molar-refractivity contribution is 5.89. The van der Waals surface area contributed by atoms with E-state index in [0.717, 1.165) is 12.1 Å². The summed E-state index contributed by atoms with van der Waals surface area (Å²) in [7, 11) is 0. The van der Waals surface area contributed by atoms with Crippen LogP contribution in [-0.4, -0.2) is 35.0 Å². The Bertz CT molecular complexity index is 296. The minimum atomic E-state index is 0.410. The number of hydrogen-bond donors (Lipinski definition) is 1. The lowest BCUT2D eigenvalue weighted by Crippen LogP contribution is -2.42. The topological polar surface area (TPSA) is 35.8 Å². The van der Waals surface area contributed by atoms with Gasteiger partial charge in [-0.15, -0.1) is 0 Å². The molecule has 1 atom stereocenters. The molecule has 1 saturated heterocycles. The van der Waals surface area contributed by atoms with Gasteiger partial charge in [-0.1, -0.05) is 62.9 Å². The van der Waals surface area contributed by atoms with Crippen LogP contribution in [-0.2, 0) is 0 Å². The molecular formula is C18H34N2O. The summed E-state index contributed by atoms with van der Waals surface area (Å²) in [5.74, 6) is 0. The lowest BCUT2D eigenvalue weighted by molar-refractivity contribution is 0.226. The molecule has 0 aromatic heterocycles. The lowest BCUT2D eigenvalue weighted by atomic mass is 9.95. The van der Waals surface area contributed by atoms with Crippen molar-refractivity contribution in [2.75, 3.05) is 13.1 Å². The Morgan fingerprint density at radius 3 is 1.86 bits per heavy atom. The third-order valence-electron chi connectivity index (χ3n) is 5.25. The van der Waals surface area contributed by atoms with Gasteiger partial charge in [0.1, 0.15) is 0 Å². The maximum atomic E-state index is 9.53. The molecule has 2 fully saturated rings. The van der Waals surface area contributed by atoms with Crippen LogP contribution in [0.2, 0.25) is 0 Å². The lowest BCUT2D eigenvalue weighted by Gasteiger charge is -2.31. The average Bonchev–Trinajstić information content (AvgIpc) is 2.77. The van der Waals surface area contributed by atoms with Crippen LogP contribution in [0.4, 0.5) is 0 Å². The van der Waals surface area contributed by atoms with E-state index >= 15 is 0 Å². The van der Waals surface area contributed by atoms with Gasteiger partial charge < -0.3 is 5.21 Å². The van der Waals surface area contributed by atoms with Gasteiger partial charge in [0.25, 0.3) is 0 Å². The second-order valence-electron chi connectivity index (χ2n) is 6.92. The van der Waals surface area contributed by atoms with Gasteiger partial charge in [0.2, 0.25) is 0 Å². The first-order chi connectivity index (χ1) is 10.4. The van der Waals surface area contributed by atoms with Crippen LogP contribution in [0, 0.1) is 0 Å². The standard InChI is InChI=1S/C18H34N2O/c21-19-17-13-9-5-3-1-2-4-6-10-14-18(17)20-15-11-7-8-12-16-20/h18,21H,1-16H2. The molecule has 0 radical (unpaired) electrons. The van der Waals surface area contributed by atoms with Crippen molar-refractivity contribution < 1.29 is 5.21 Å². The summed E-state index contributed by atoms with van der Waals surface area (Å²) in [6.07, 6.45) is 18.2. The summed E-state index contributed by atoms with van der Waals surface area (Å²) in [4.78, 5) is 2.62. The summed E-state index contributed by atoms with van der Waals surface area (Å²) < 4.78 is 0. The number of nitrogens with zero attached hydrogens (tertiary/aromatic N) is 2. The van der Waals surface area contributed by atoms with E-state index in [9.17, 15) is 5.21 Å². The summed E-state index contributed by atoms with van der Waals surface area (Å²) in [6, 6.07) is 0.410. The molecule has 1 saturated carbocycles. The highest BCUT2D eigenvalue weighted by Gasteiger charge is 2.24. The fourth-order valence-corrected chi connectivity index (χ4v) is 3.95. The summed E-state index contributed by atoms with van der Waals surface area (Å²) in [6.45, 7) is 2.40. The summed E-state index contributed by atoms with van der Waals surface area (Å²) >= 11 is 0. The minimum Gasteiger partial charge on any atom is -0.411 e. The van der Waals surface area contributed by atoms with Crippen LogP contribution >= 0.6 is 0 Å². The molecule has 0 aromatic carbocycles. The monoisotopic (exact) mass is 294 g/mol. The Morgan fingerprint density at radius 1 is 0.714 bits per heavy atom. The zero-order valence-electron chi connectivity index (χ0n) is 13.7. The Balaban J connectivity index is 1.98. The molecule has 122 valence electrons. The normalized spacial score (nSPS) is 30.3. The second-order valence-corrected chi connectivity index (χ2v) is 6.92. The van der Waals surface area contributed by atoms with Crippen molar-refractivity contribution in [3.63, 3.8) is 0 Å². The van der Waals surface area contributed by atoms with E-state index in [1.807, 2.05) is 0 Å². The van der Waals surface area contributed by atoms with E-state index < -0.39 is 0 Å². The highest BCUT2D eigenvalue weighted by atomic mass is 16.4. The summed E-state index contributed by atoms with van der Waals surface area (Å²) in [5.41, 5.74) is 1.07. The molecule has 2 rings (SSSR count). The van der Waals surface area contributed by atoms with Gasteiger partial charge in [-0.05, 0) is 45.2 Å². The van der Waals surface area contributed by atoms with Crippen LogP contribution < -0.4 is 0 Å². The number of rotatable bonds is 1. The molecule has 0 bridgehead atoms. The molecule has 1 aliphatic carbocycles. The maximum absolute atomic E-state index is 9.53. The zero-order chi connectivity index (χ0) is 14.8. The average molecular weight is 294 g/mol. The molecular weight excluding hydrogens is 260 g/mol. The van der Waals surface area contributed by atoms with Gasteiger partial charge in [0, 0.05) is 0 Å². The maximum Gasteiger partial charge on any atom is 0.0742 e. The smallest absolute Gasteiger partial charge is 0.0742 e. The molecule has 1 heterocycles. The fraction of sp³-hybridized carbons (Fsp3) is 0.944. The minimum absolute atomic E-state index is 0.410. The van der Waals surface area contributed by atoms with E-state index in [4.69, 9.17) is 0 Å². The van der Waals surface area contributed by atoms with Crippen LogP contribution in [0.15, 0.2) is 5.16 Å². The number of oxime groups is 1. The summed E-state index contributed by atoms with van der Waals surface area (Å²) in [5, 5.41) is 13.3. The van der Waals surface area contributed by atoms with E-state index in [-0.39, 0.29) is 0 Å². The van der Waals surface area contributed by atoms with Gasteiger partial charge in [-0.3, -0.25) is 4.90 Å². The van der Waals surface area contributed by atoms with Crippen molar-refractivity contribution in [1.82, 2.24) is 4.90 Å². The highest BCUT2D eigenvalue weighted by Crippen LogP contribution is 2.22. The van der Waals surface area contributed by atoms with Crippen molar-refractivity contribution in [1.29, 1.82) is 0 Å². The first-order valence-corrected chi connectivity index (χ1v) is 9.36. The van der Waals surface area contributed by atoms with Gasteiger partial charge in [0.05, 0.1) is 11.8 Å². The third-order valence-corrected chi connectivity index (χ3v) is 5.25. The van der Waals surface area contributed by atoms with Gasteiger partial charge in [0.15, 0.2) is 0 Å². The SMILES string of the molecule is ON=C1CCCCCCCCCCC1N1CCCCCC1. The Morgan fingerprint density at radius 2 is 1.24 bits per heavy atom. The van der Waals surface area contributed by atoms with E-state index in [2.05, 4.69) is 10.1 Å². The molecule has 2 aliphatic rings. The van der Waals surface area contributed by atoms with Crippen LogP contribution in [0.5, 0.6) is 0 Å². The van der Waals surface area contributed by atoms with E-state index in [1.54, 1.807) is 0 Å². The molecule has 0 spiro atoms. The van der Waals surface area contributed by atoms with E-state index in [1.165, 1.54) is 96.6 Å². The first kappa shape index (κ1) is 16.8. The first-order valence-electron chi connectivity index (χ1n) is 9.36. The second kappa shape index (κ2) is 10.2. The van der Waals surface area contributed by atoms with Crippen molar-refractivity contribution in [3.05, 3.63) is 0 Å². The molecule has 1 aliphatic heterocycles. The Labute approximate surface area is 130 Å². The third kappa shape index (κ3) is 5.98. The molecule has 1 N–H and O–H groups in total.